The minimum absolute atomic E-state index is 0.226. The van der Waals surface area contributed by atoms with Crippen molar-refractivity contribution < 1.29 is 27.4 Å². The Morgan fingerprint density at radius 2 is 1.10 bits per heavy atom. The summed E-state index contributed by atoms with van der Waals surface area (Å²) in [7, 11) is 0. The smallest absolute Gasteiger partial charge is 0.261 e. The quantitative estimate of drug-likeness (QED) is 0.170. The Morgan fingerprint density at radius 1 is 0.655 bits per heavy atom. The Morgan fingerprint density at radius 3 is 1.55 bits per heavy atom. The van der Waals surface area contributed by atoms with Gasteiger partial charge in [0.2, 0.25) is 0 Å². The lowest BCUT2D eigenvalue weighted by atomic mass is 9.99. The van der Waals surface area contributed by atoms with Crippen LogP contribution < -0.4 is 15.1 Å². The van der Waals surface area contributed by atoms with E-state index in [1.165, 1.54) is 12.1 Å². The van der Waals surface area contributed by atoms with Crippen molar-refractivity contribution in [3.05, 3.63) is 67.6 Å². The predicted molar refractivity (Wildman–Crippen MR) is 223 cm³/mol. The van der Waals surface area contributed by atoms with E-state index in [0.717, 1.165) is 74.1 Å². The van der Waals surface area contributed by atoms with Gasteiger partial charge in [0.15, 0.2) is 23.3 Å². The molecule has 13 nitrogen and oxygen atoms in total. The number of hydrogen-bond donors (Lipinski definition) is 1. The number of rotatable bonds is 6. The summed E-state index contributed by atoms with van der Waals surface area (Å²) in [5.74, 6) is 2.61. The third-order valence-electron chi connectivity index (χ3n) is 11.1. The van der Waals surface area contributed by atoms with Crippen LogP contribution in [0.3, 0.4) is 0 Å². The number of anilines is 2. The van der Waals surface area contributed by atoms with Gasteiger partial charge in [-0.05, 0) is 88.8 Å². The lowest BCUT2D eigenvalue weighted by Gasteiger charge is -2.36. The molecule has 3 aliphatic rings. The highest BCUT2D eigenvalue weighted by molar-refractivity contribution is 9.10. The molecule has 0 bridgehead atoms. The molecule has 0 amide bonds. The van der Waals surface area contributed by atoms with E-state index in [1.807, 2.05) is 30.9 Å². The Balaban J connectivity index is 0.000000165. The Hall–Kier alpha value is -4.45. The van der Waals surface area contributed by atoms with Gasteiger partial charge in [-0.3, -0.25) is 4.79 Å². The number of nitrogens with zero attached hydrogens (tertiary/aromatic N) is 8. The number of pyridine rings is 2. The summed E-state index contributed by atoms with van der Waals surface area (Å²) in [4.78, 5) is 34.0. The zero-order valence-corrected chi connectivity index (χ0v) is 35.8. The zero-order valence-electron chi connectivity index (χ0n) is 32.7. The average Bonchev–Trinajstić information content (AvgIpc) is 3.84. The van der Waals surface area contributed by atoms with Crippen LogP contribution in [0.1, 0.15) is 61.3 Å². The fraction of sp³-hybridized carbons (Fsp3) is 0.439. The molecular weight excluding hydrogens is 880 g/mol. The number of Topliss-reactive ketones (excluding diaryl/α,β-unsaturated/α-hetero) is 1. The molecular formula is C41H43Br2F2N9O4. The molecule has 1 N–H and O–H groups in total. The molecule has 9 rings (SSSR count). The number of benzene rings is 2. The number of piperidine rings is 2. The lowest BCUT2D eigenvalue weighted by molar-refractivity contribution is -0.119. The number of carbonyl (C=O) groups is 1. The first kappa shape index (κ1) is 40.3. The number of aryl methyl sites for hydroxylation is 4. The molecule has 17 heteroatoms. The highest BCUT2D eigenvalue weighted by Gasteiger charge is 2.30. The standard InChI is InChI=1S/C23H27BrFN5O2.C18H16BrFN4O2/c1-13-18-11-15(24)12-19(25)21(18)28-22(20(13)23-26-14(2)29-32-23)30-7-3-16(4-8-30)27-17-5-9-31-10-6-17;1-9-13-7-11(19)8-14(20)16(13)22-17(24-5-3-12(25)4-6-24)15(9)18-21-10(2)23-26-18/h11-12,16-17,27H,3-10H2,1-2H3;7-8H,3-6H2,1-2H3. The molecule has 58 heavy (non-hydrogen) atoms. The van der Waals surface area contributed by atoms with Crippen LogP contribution in [0.2, 0.25) is 0 Å². The molecule has 0 atom stereocenters. The van der Waals surface area contributed by atoms with Crippen LogP contribution in [0.25, 0.3) is 44.7 Å². The van der Waals surface area contributed by atoms with Gasteiger partial charge < -0.3 is 28.9 Å². The Labute approximate surface area is 350 Å². The van der Waals surface area contributed by atoms with Crippen LogP contribution in [0.4, 0.5) is 20.4 Å². The van der Waals surface area contributed by atoms with Gasteiger partial charge in [-0.15, -0.1) is 0 Å². The highest BCUT2D eigenvalue weighted by atomic mass is 79.9. The van der Waals surface area contributed by atoms with Crippen molar-refractivity contribution in [2.24, 2.45) is 0 Å². The molecule has 3 saturated heterocycles. The second kappa shape index (κ2) is 17.0. The summed E-state index contributed by atoms with van der Waals surface area (Å²) < 4.78 is 47.1. The normalized spacial score (nSPS) is 17.0. The molecule has 3 fully saturated rings. The van der Waals surface area contributed by atoms with Crippen molar-refractivity contribution in [2.45, 2.75) is 78.3 Å². The molecule has 6 aromatic rings. The predicted octanol–water partition coefficient (Wildman–Crippen LogP) is 8.51. The van der Waals surface area contributed by atoms with Crippen LogP contribution in [-0.2, 0) is 9.53 Å². The van der Waals surface area contributed by atoms with E-state index in [4.69, 9.17) is 18.8 Å². The van der Waals surface area contributed by atoms with Gasteiger partial charge in [-0.2, -0.15) is 9.97 Å². The maximum atomic E-state index is 14.9. The topological polar surface area (TPSA) is 148 Å². The van der Waals surface area contributed by atoms with Crippen molar-refractivity contribution in [2.75, 3.05) is 49.2 Å². The van der Waals surface area contributed by atoms with Crippen LogP contribution in [0.15, 0.2) is 42.3 Å². The molecule has 0 saturated carbocycles. The van der Waals surface area contributed by atoms with E-state index in [-0.39, 0.29) is 17.1 Å². The molecule has 4 aromatic heterocycles. The van der Waals surface area contributed by atoms with E-state index in [2.05, 4.69) is 67.3 Å². The van der Waals surface area contributed by atoms with E-state index in [0.29, 0.717) is 98.5 Å². The van der Waals surface area contributed by atoms with Gasteiger partial charge in [0, 0.05) is 84.0 Å². The molecule has 2 aromatic carbocycles. The molecule has 0 unspecified atom stereocenters. The summed E-state index contributed by atoms with van der Waals surface area (Å²) in [6.07, 6.45) is 5.04. The molecule has 7 heterocycles. The van der Waals surface area contributed by atoms with Crippen LogP contribution in [-0.4, -0.2) is 87.5 Å². The number of aromatic nitrogens is 6. The van der Waals surface area contributed by atoms with Crippen molar-refractivity contribution in [1.82, 2.24) is 35.6 Å². The SMILES string of the molecule is Cc1noc(-c2c(N3CCC(=O)CC3)nc3c(F)cc(Br)cc3c2C)n1.Cc1noc(-c2c(N3CCC(NC4CCOCC4)CC3)nc3c(F)cc(Br)cc3c2C)n1. The molecule has 0 radical (unpaired) electrons. The largest absolute Gasteiger partial charge is 0.381 e. The van der Waals surface area contributed by atoms with E-state index in [9.17, 15) is 13.6 Å². The maximum Gasteiger partial charge on any atom is 0.261 e. The summed E-state index contributed by atoms with van der Waals surface area (Å²) in [5, 5.41) is 13.1. The van der Waals surface area contributed by atoms with E-state index >= 15 is 0 Å². The fourth-order valence-electron chi connectivity index (χ4n) is 8.05. The summed E-state index contributed by atoms with van der Waals surface area (Å²) in [5.41, 5.74) is 3.82. The van der Waals surface area contributed by atoms with Crippen molar-refractivity contribution in [1.29, 1.82) is 0 Å². The minimum atomic E-state index is -0.403. The number of ketones is 1. The van der Waals surface area contributed by atoms with Gasteiger partial charge in [0.05, 0.1) is 11.1 Å². The first-order valence-corrected chi connectivity index (χ1v) is 21.1. The summed E-state index contributed by atoms with van der Waals surface area (Å²) in [6, 6.07) is 7.58. The maximum absolute atomic E-state index is 14.9. The number of halogens is 4. The van der Waals surface area contributed by atoms with E-state index < -0.39 is 5.82 Å². The number of hydrogen-bond acceptors (Lipinski definition) is 13. The lowest BCUT2D eigenvalue weighted by Crippen LogP contribution is -2.48. The van der Waals surface area contributed by atoms with Gasteiger partial charge >= 0.3 is 0 Å². The first-order valence-electron chi connectivity index (χ1n) is 19.5. The fourth-order valence-corrected chi connectivity index (χ4v) is 8.91. The van der Waals surface area contributed by atoms with Crippen molar-refractivity contribution >= 4 is 71.1 Å². The van der Waals surface area contributed by atoms with Gasteiger partial charge in [0.1, 0.15) is 28.5 Å². The third-order valence-corrected chi connectivity index (χ3v) is 12.0. The highest BCUT2D eigenvalue weighted by Crippen LogP contribution is 2.40. The number of fused-ring (bicyclic) bond motifs is 2. The van der Waals surface area contributed by atoms with Gasteiger partial charge in [-0.1, -0.05) is 42.2 Å². The Bertz CT molecular complexity index is 2490. The van der Waals surface area contributed by atoms with Gasteiger partial charge in [-0.25, -0.2) is 18.7 Å². The minimum Gasteiger partial charge on any atom is -0.381 e. The zero-order chi connectivity index (χ0) is 40.7. The number of carbonyl (C=O) groups excluding carboxylic acids is 1. The van der Waals surface area contributed by atoms with Crippen molar-refractivity contribution in [3.63, 3.8) is 0 Å². The average molecular weight is 924 g/mol. The molecule has 3 aliphatic heterocycles. The molecule has 304 valence electrons. The van der Waals surface area contributed by atoms with Gasteiger partial charge in [0.25, 0.3) is 11.8 Å². The Kier molecular flexibility index (Phi) is 11.8. The van der Waals surface area contributed by atoms with Crippen LogP contribution in [0, 0.1) is 39.3 Å². The summed E-state index contributed by atoms with van der Waals surface area (Å²) in [6.45, 7) is 11.8. The number of ether oxygens (including phenoxy) is 1. The second-order valence-electron chi connectivity index (χ2n) is 15.1. The molecule has 0 aliphatic carbocycles. The first-order chi connectivity index (χ1) is 27.9. The van der Waals surface area contributed by atoms with Crippen LogP contribution >= 0.6 is 31.9 Å². The summed E-state index contributed by atoms with van der Waals surface area (Å²) >= 11 is 6.74. The molecule has 0 spiro atoms. The van der Waals surface area contributed by atoms with E-state index in [1.54, 1.807) is 13.8 Å². The second-order valence-corrected chi connectivity index (χ2v) is 16.9. The number of nitrogens with one attached hydrogen (secondary N) is 1. The van der Waals surface area contributed by atoms with Crippen molar-refractivity contribution in [3.8, 4) is 22.9 Å². The van der Waals surface area contributed by atoms with Crippen LogP contribution in [0.5, 0.6) is 0 Å². The monoisotopic (exact) mass is 921 g/mol. The third kappa shape index (κ3) is 8.36.